The van der Waals surface area contributed by atoms with Gasteiger partial charge in [0.1, 0.15) is 0 Å². The molecule has 0 unspecified atom stereocenters. The van der Waals surface area contributed by atoms with E-state index in [1.807, 2.05) is 24.3 Å². The van der Waals surface area contributed by atoms with Crippen LogP contribution in [0.5, 0.6) is 0 Å². The lowest BCUT2D eigenvalue weighted by Crippen LogP contribution is -2.15. The fourth-order valence-corrected chi connectivity index (χ4v) is 3.31. The number of aryl methyl sites for hydroxylation is 1. The van der Waals surface area contributed by atoms with Gasteiger partial charge in [-0.3, -0.25) is 4.79 Å². The van der Waals surface area contributed by atoms with Crippen molar-refractivity contribution < 1.29 is 14.3 Å². The molecule has 0 saturated heterocycles. The number of hydrogen-bond acceptors (Lipinski definition) is 3. The second-order valence-corrected chi connectivity index (χ2v) is 6.58. The van der Waals surface area contributed by atoms with Crippen molar-refractivity contribution in [1.29, 1.82) is 0 Å². The first-order chi connectivity index (χ1) is 11.9. The Kier molecular flexibility index (Phi) is 5.04. The number of halogens is 3. The van der Waals surface area contributed by atoms with Crippen LogP contribution in [-0.2, 0) is 4.74 Å². The summed E-state index contributed by atoms with van der Waals surface area (Å²) in [5, 5.41) is 1.06. The van der Waals surface area contributed by atoms with Gasteiger partial charge in [-0.2, -0.15) is 0 Å². The molecule has 4 nitrogen and oxygen atoms in total. The van der Waals surface area contributed by atoms with E-state index in [9.17, 15) is 9.59 Å². The Labute approximate surface area is 158 Å². The summed E-state index contributed by atoms with van der Waals surface area (Å²) in [6.45, 7) is 1.36. The Balaban J connectivity index is 1.82. The molecule has 1 heterocycles. The zero-order valence-electron chi connectivity index (χ0n) is 13.0. The van der Waals surface area contributed by atoms with Crippen molar-refractivity contribution in [3.05, 3.63) is 68.3 Å². The molecule has 0 aliphatic carbocycles. The summed E-state index contributed by atoms with van der Waals surface area (Å²) in [6.07, 6.45) is 0. The number of ether oxygens (including phenoxy) is 1. The van der Waals surface area contributed by atoms with E-state index in [-0.39, 0.29) is 26.4 Å². The average molecular weight is 397 g/mol. The number of aromatic nitrogens is 1. The fraction of sp³-hybridized carbons (Fsp3) is 0.111. The summed E-state index contributed by atoms with van der Waals surface area (Å²) < 4.78 is 5.10. The van der Waals surface area contributed by atoms with Gasteiger partial charge in [-0.15, -0.1) is 0 Å². The summed E-state index contributed by atoms with van der Waals surface area (Å²) in [5.41, 5.74) is 1.99. The maximum Gasteiger partial charge on any atom is 0.341 e. The van der Waals surface area contributed by atoms with Crippen LogP contribution < -0.4 is 0 Å². The van der Waals surface area contributed by atoms with Crippen LogP contribution in [0.4, 0.5) is 0 Å². The molecule has 3 aromatic rings. The quantitative estimate of drug-likeness (QED) is 0.361. The van der Waals surface area contributed by atoms with Crippen molar-refractivity contribution in [1.82, 2.24) is 4.98 Å². The molecule has 2 aromatic carbocycles. The molecular weight excluding hydrogens is 385 g/mol. The number of nitrogens with one attached hydrogen (secondary N) is 1. The fourth-order valence-electron chi connectivity index (χ4n) is 2.63. The van der Waals surface area contributed by atoms with Gasteiger partial charge in [0, 0.05) is 22.2 Å². The highest BCUT2D eigenvalue weighted by atomic mass is 35.5. The van der Waals surface area contributed by atoms with Crippen LogP contribution in [0.1, 0.15) is 26.4 Å². The molecular formula is C18H12Cl3NO3. The van der Waals surface area contributed by atoms with Gasteiger partial charge >= 0.3 is 5.97 Å². The predicted octanol–water partition coefficient (Wildman–Crippen LogP) is 5.48. The molecule has 0 amide bonds. The normalized spacial score (nSPS) is 10.9. The van der Waals surface area contributed by atoms with Gasteiger partial charge in [-0.25, -0.2) is 4.79 Å². The monoisotopic (exact) mass is 395 g/mol. The van der Waals surface area contributed by atoms with Crippen LogP contribution in [0.25, 0.3) is 10.9 Å². The maximum absolute atomic E-state index is 12.5. The third kappa shape index (κ3) is 3.38. The van der Waals surface area contributed by atoms with E-state index in [1.54, 1.807) is 6.92 Å². The first-order valence-electron chi connectivity index (χ1n) is 7.31. The van der Waals surface area contributed by atoms with Crippen molar-refractivity contribution in [2.45, 2.75) is 6.92 Å². The molecule has 0 atom stereocenters. The zero-order valence-corrected chi connectivity index (χ0v) is 15.3. The maximum atomic E-state index is 12.5. The first kappa shape index (κ1) is 17.8. The van der Waals surface area contributed by atoms with E-state index < -0.39 is 12.6 Å². The van der Waals surface area contributed by atoms with E-state index in [2.05, 4.69) is 4.98 Å². The van der Waals surface area contributed by atoms with Crippen LogP contribution in [0.15, 0.2) is 36.4 Å². The van der Waals surface area contributed by atoms with E-state index in [0.717, 1.165) is 10.9 Å². The number of aromatic amines is 1. The Hall–Kier alpha value is -2.01. The number of hydrogen-bond donors (Lipinski definition) is 1. The Morgan fingerprint density at radius 1 is 1.00 bits per heavy atom. The summed E-state index contributed by atoms with van der Waals surface area (Å²) in [5.74, 6) is -1.12. The standard InChI is InChI=1S/C18H12Cl3NO3/c1-9-15(10-4-2-3-5-13(10)22-9)14(23)8-25-18(24)16-11(19)6-7-12(20)17(16)21/h2-7,22H,8H2,1H3. The number of fused-ring (bicyclic) bond motifs is 1. The van der Waals surface area contributed by atoms with E-state index in [4.69, 9.17) is 39.5 Å². The lowest BCUT2D eigenvalue weighted by Gasteiger charge is -2.08. The first-order valence-corrected chi connectivity index (χ1v) is 8.44. The minimum atomic E-state index is -0.802. The van der Waals surface area contributed by atoms with Crippen molar-refractivity contribution >= 4 is 57.5 Å². The molecule has 0 radical (unpaired) electrons. The molecule has 1 N–H and O–H groups in total. The third-order valence-corrected chi connectivity index (χ3v) is 4.87. The van der Waals surface area contributed by atoms with E-state index in [0.29, 0.717) is 11.3 Å². The number of Topliss-reactive ketones (excluding diaryl/α,β-unsaturated/α-hetero) is 1. The molecule has 25 heavy (non-hydrogen) atoms. The van der Waals surface area contributed by atoms with Crippen LogP contribution in [0.3, 0.4) is 0 Å². The third-order valence-electron chi connectivity index (χ3n) is 3.75. The number of para-hydroxylation sites is 1. The molecule has 0 aliphatic rings. The Morgan fingerprint density at radius 3 is 2.44 bits per heavy atom. The summed E-state index contributed by atoms with van der Waals surface area (Å²) in [6, 6.07) is 10.3. The van der Waals surface area contributed by atoms with Crippen LogP contribution in [0, 0.1) is 6.92 Å². The SMILES string of the molecule is Cc1[nH]c2ccccc2c1C(=O)COC(=O)c1c(Cl)ccc(Cl)c1Cl. The van der Waals surface area contributed by atoms with Crippen LogP contribution >= 0.6 is 34.8 Å². The molecule has 1 aromatic heterocycles. The van der Waals surface area contributed by atoms with E-state index in [1.165, 1.54) is 12.1 Å². The molecule has 0 bridgehead atoms. The van der Waals surface area contributed by atoms with Gasteiger partial charge in [0.05, 0.1) is 20.6 Å². The van der Waals surface area contributed by atoms with Gasteiger partial charge < -0.3 is 9.72 Å². The van der Waals surface area contributed by atoms with Crippen LogP contribution in [-0.4, -0.2) is 23.3 Å². The van der Waals surface area contributed by atoms with Gasteiger partial charge in [-0.1, -0.05) is 53.0 Å². The highest BCUT2D eigenvalue weighted by Gasteiger charge is 2.22. The smallest absolute Gasteiger partial charge is 0.341 e. The van der Waals surface area contributed by atoms with Crippen molar-refractivity contribution in [2.75, 3.05) is 6.61 Å². The highest BCUT2D eigenvalue weighted by Crippen LogP contribution is 2.32. The van der Waals surface area contributed by atoms with Gasteiger partial charge in [-0.05, 0) is 25.1 Å². The summed E-state index contributed by atoms with van der Waals surface area (Å²) in [7, 11) is 0. The minimum absolute atomic E-state index is 0.00473. The zero-order chi connectivity index (χ0) is 18.1. The summed E-state index contributed by atoms with van der Waals surface area (Å²) in [4.78, 5) is 27.9. The lowest BCUT2D eigenvalue weighted by molar-refractivity contribution is 0.0475. The lowest BCUT2D eigenvalue weighted by atomic mass is 10.1. The number of rotatable bonds is 4. The number of H-pyrrole nitrogens is 1. The Morgan fingerprint density at radius 2 is 1.68 bits per heavy atom. The second-order valence-electron chi connectivity index (χ2n) is 5.39. The number of ketones is 1. The minimum Gasteiger partial charge on any atom is -0.454 e. The molecule has 7 heteroatoms. The van der Waals surface area contributed by atoms with Gasteiger partial charge in [0.2, 0.25) is 5.78 Å². The van der Waals surface area contributed by atoms with Crippen molar-refractivity contribution in [3.8, 4) is 0 Å². The molecule has 0 aliphatic heterocycles. The number of benzene rings is 2. The van der Waals surface area contributed by atoms with Gasteiger partial charge in [0.25, 0.3) is 0 Å². The Bertz CT molecular complexity index is 995. The van der Waals surface area contributed by atoms with Crippen molar-refractivity contribution in [2.24, 2.45) is 0 Å². The van der Waals surface area contributed by atoms with Gasteiger partial charge in [0.15, 0.2) is 6.61 Å². The number of carbonyl (C=O) groups excluding carboxylic acids is 2. The molecule has 0 saturated carbocycles. The van der Waals surface area contributed by atoms with E-state index >= 15 is 0 Å². The number of esters is 1. The molecule has 3 rings (SSSR count). The average Bonchev–Trinajstić information content (AvgIpc) is 2.92. The molecule has 0 fully saturated rings. The van der Waals surface area contributed by atoms with Crippen molar-refractivity contribution in [3.63, 3.8) is 0 Å². The molecule has 0 spiro atoms. The largest absolute Gasteiger partial charge is 0.454 e. The highest BCUT2D eigenvalue weighted by molar-refractivity contribution is 6.46. The predicted molar refractivity (Wildman–Crippen MR) is 99.1 cm³/mol. The molecule has 128 valence electrons. The topological polar surface area (TPSA) is 59.2 Å². The van der Waals surface area contributed by atoms with Crippen LogP contribution in [0.2, 0.25) is 15.1 Å². The summed E-state index contributed by atoms with van der Waals surface area (Å²) >= 11 is 17.9. The number of carbonyl (C=O) groups is 2. The second kappa shape index (κ2) is 7.08.